The van der Waals surface area contributed by atoms with Gasteiger partial charge in [0.05, 0.1) is 12.1 Å². The number of nitrogens with one attached hydrogen (secondary N) is 2. The van der Waals surface area contributed by atoms with Crippen molar-refractivity contribution in [1.29, 1.82) is 0 Å². The van der Waals surface area contributed by atoms with E-state index < -0.39 is 0 Å². The summed E-state index contributed by atoms with van der Waals surface area (Å²) in [5, 5.41) is 8.51. The summed E-state index contributed by atoms with van der Waals surface area (Å²) >= 11 is 1.71. The summed E-state index contributed by atoms with van der Waals surface area (Å²) in [5.74, 6) is 0.0340. The van der Waals surface area contributed by atoms with E-state index >= 15 is 0 Å². The van der Waals surface area contributed by atoms with Crippen LogP contribution in [0.1, 0.15) is 49.7 Å². The molecule has 0 radical (unpaired) electrons. The zero-order chi connectivity index (χ0) is 16.8. The molecule has 2 rings (SSSR count). The number of hydrogen-bond acceptors (Lipinski definition) is 3. The Labute approximate surface area is 143 Å². The van der Waals surface area contributed by atoms with Crippen molar-refractivity contribution in [1.82, 2.24) is 10.6 Å². The minimum absolute atomic E-state index is 0.0340. The fourth-order valence-electron chi connectivity index (χ4n) is 2.48. The van der Waals surface area contributed by atoms with Crippen LogP contribution in [0.25, 0.3) is 0 Å². The van der Waals surface area contributed by atoms with Crippen molar-refractivity contribution >= 4 is 17.2 Å². The van der Waals surface area contributed by atoms with Crippen molar-refractivity contribution in [2.75, 3.05) is 0 Å². The van der Waals surface area contributed by atoms with Crippen molar-refractivity contribution in [3.8, 4) is 0 Å². The zero-order valence-electron chi connectivity index (χ0n) is 14.3. The van der Waals surface area contributed by atoms with E-state index in [0.717, 1.165) is 6.42 Å². The van der Waals surface area contributed by atoms with Crippen LogP contribution in [-0.4, -0.2) is 18.0 Å². The van der Waals surface area contributed by atoms with E-state index in [1.807, 2.05) is 26.8 Å². The normalized spacial score (nSPS) is 13.8. The predicted molar refractivity (Wildman–Crippen MR) is 97.9 cm³/mol. The van der Waals surface area contributed by atoms with Crippen molar-refractivity contribution in [3.63, 3.8) is 0 Å². The second kappa shape index (κ2) is 8.27. The van der Waals surface area contributed by atoms with Gasteiger partial charge in [0.1, 0.15) is 0 Å². The van der Waals surface area contributed by atoms with Gasteiger partial charge in [-0.2, -0.15) is 0 Å². The molecule has 124 valence electrons. The molecule has 0 aliphatic carbocycles. The Balaban J connectivity index is 2.19. The van der Waals surface area contributed by atoms with E-state index in [9.17, 15) is 4.79 Å². The van der Waals surface area contributed by atoms with E-state index in [0.29, 0.717) is 0 Å². The molecule has 0 saturated heterocycles. The van der Waals surface area contributed by atoms with Gasteiger partial charge in [0.15, 0.2) is 0 Å². The highest BCUT2D eigenvalue weighted by Gasteiger charge is 2.21. The summed E-state index contributed by atoms with van der Waals surface area (Å²) in [6.45, 7) is 8.02. The van der Waals surface area contributed by atoms with Gasteiger partial charge in [0.25, 0.3) is 0 Å². The van der Waals surface area contributed by atoms with Gasteiger partial charge in [-0.05, 0) is 49.8 Å². The highest BCUT2D eigenvalue weighted by Crippen LogP contribution is 2.27. The maximum absolute atomic E-state index is 12.2. The fourth-order valence-corrected chi connectivity index (χ4v) is 3.29. The van der Waals surface area contributed by atoms with Gasteiger partial charge in [0, 0.05) is 10.9 Å². The molecule has 1 amide bonds. The van der Waals surface area contributed by atoms with Crippen molar-refractivity contribution in [3.05, 3.63) is 57.8 Å². The SMILES string of the molecule is CCc1ccc([C@@H](N[C@@H](C)C(=O)NC(C)C)c2cccs2)cc1. The Bertz CT molecular complexity index is 605. The standard InChI is InChI=1S/C19H26N2OS/c1-5-15-8-10-16(11-9-15)18(17-7-6-12-23-17)21-14(4)19(22)20-13(2)3/h6-14,18,21H,5H2,1-4H3,(H,20,22)/t14-,18+/m0/s1. The first-order chi connectivity index (χ1) is 11.0. The van der Waals surface area contributed by atoms with Crippen LogP contribution in [0.3, 0.4) is 0 Å². The molecule has 0 aliphatic rings. The lowest BCUT2D eigenvalue weighted by Gasteiger charge is -2.23. The van der Waals surface area contributed by atoms with Crippen molar-refractivity contribution < 1.29 is 4.79 Å². The quantitative estimate of drug-likeness (QED) is 0.808. The molecule has 0 spiro atoms. The van der Waals surface area contributed by atoms with Crippen LogP contribution in [0.15, 0.2) is 41.8 Å². The highest BCUT2D eigenvalue weighted by molar-refractivity contribution is 7.10. The molecular formula is C19H26N2OS. The second-order valence-corrected chi connectivity index (χ2v) is 7.07. The molecule has 2 atom stereocenters. The molecule has 0 saturated carbocycles. The maximum atomic E-state index is 12.2. The molecule has 2 aromatic rings. The molecule has 0 bridgehead atoms. The van der Waals surface area contributed by atoms with E-state index in [1.165, 1.54) is 16.0 Å². The number of rotatable bonds is 7. The van der Waals surface area contributed by atoms with Gasteiger partial charge in [-0.25, -0.2) is 0 Å². The topological polar surface area (TPSA) is 41.1 Å². The number of carbonyl (C=O) groups is 1. The fraction of sp³-hybridized carbons (Fsp3) is 0.421. The first-order valence-corrected chi connectivity index (χ1v) is 9.08. The van der Waals surface area contributed by atoms with Gasteiger partial charge < -0.3 is 5.32 Å². The van der Waals surface area contributed by atoms with Gasteiger partial charge in [-0.3, -0.25) is 10.1 Å². The van der Waals surface area contributed by atoms with Crippen LogP contribution in [0.4, 0.5) is 0 Å². The van der Waals surface area contributed by atoms with Gasteiger partial charge >= 0.3 is 0 Å². The molecule has 23 heavy (non-hydrogen) atoms. The van der Waals surface area contributed by atoms with Crippen molar-refractivity contribution in [2.45, 2.75) is 52.2 Å². The summed E-state index contributed by atoms with van der Waals surface area (Å²) in [6, 6.07) is 12.7. The Hall–Kier alpha value is -1.65. The van der Waals surface area contributed by atoms with Gasteiger partial charge in [0.2, 0.25) is 5.91 Å². The van der Waals surface area contributed by atoms with Gasteiger partial charge in [-0.1, -0.05) is 37.3 Å². The molecule has 0 unspecified atom stereocenters. The smallest absolute Gasteiger partial charge is 0.237 e. The summed E-state index contributed by atoms with van der Waals surface area (Å²) < 4.78 is 0. The van der Waals surface area contributed by atoms with E-state index in [1.54, 1.807) is 11.3 Å². The Morgan fingerprint density at radius 3 is 2.35 bits per heavy atom. The summed E-state index contributed by atoms with van der Waals surface area (Å²) in [5.41, 5.74) is 2.51. The lowest BCUT2D eigenvalue weighted by atomic mass is 10.0. The Kier molecular flexibility index (Phi) is 6.37. The van der Waals surface area contributed by atoms with Crippen LogP contribution in [0.2, 0.25) is 0 Å². The molecule has 3 nitrogen and oxygen atoms in total. The third-order valence-electron chi connectivity index (χ3n) is 3.79. The van der Waals surface area contributed by atoms with E-state index in [4.69, 9.17) is 0 Å². The second-order valence-electron chi connectivity index (χ2n) is 6.10. The third-order valence-corrected chi connectivity index (χ3v) is 4.73. The molecule has 2 N–H and O–H groups in total. The number of aryl methyl sites for hydroxylation is 1. The first-order valence-electron chi connectivity index (χ1n) is 8.20. The largest absolute Gasteiger partial charge is 0.353 e. The number of amides is 1. The lowest BCUT2D eigenvalue weighted by Crippen LogP contribution is -2.45. The highest BCUT2D eigenvalue weighted by atomic mass is 32.1. The predicted octanol–water partition coefficient (Wildman–Crippen LogP) is 3.90. The molecule has 1 aromatic carbocycles. The Morgan fingerprint density at radius 2 is 1.83 bits per heavy atom. The average Bonchev–Trinajstić information content (AvgIpc) is 3.06. The molecule has 1 heterocycles. The Morgan fingerprint density at radius 1 is 1.13 bits per heavy atom. The third kappa shape index (κ3) is 4.91. The average molecular weight is 330 g/mol. The van der Waals surface area contributed by atoms with E-state index in [2.05, 4.69) is 53.3 Å². The lowest BCUT2D eigenvalue weighted by molar-refractivity contribution is -0.123. The monoisotopic (exact) mass is 330 g/mol. The number of carbonyl (C=O) groups excluding carboxylic acids is 1. The van der Waals surface area contributed by atoms with Gasteiger partial charge in [-0.15, -0.1) is 11.3 Å². The van der Waals surface area contributed by atoms with Crippen LogP contribution >= 0.6 is 11.3 Å². The summed E-state index contributed by atoms with van der Waals surface area (Å²) in [4.78, 5) is 13.4. The molecular weight excluding hydrogens is 304 g/mol. The summed E-state index contributed by atoms with van der Waals surface area (Å²) in [7, 11) is 0. The molecule has 4 heteroatoms. The summed E-state index contributed by atoms with van der Waals surface area (Å²) in [6.07, 6.45) is 1.03. The number of benzene rings is 1. The minimum Gasteiger partial charge on any atom is -0.353 e. The van der Waals surface area contributed by atoms with Crippen LogP contribution < -0.4 is 10.6 Å². The van der Waals surface area contributed by atoms with Crippen LogP contribution in [-0.2, 0) is 11.2 Å². The maximum Gasteiger partial charge on any atom is 0.237 e. The van der Waals surface area contributed by atoms with Crippen LogP contribution in [0.5, 0.6) is 0 Å². The number of thiophene rings is 1. The molecule has 0 aliphatic heterocycles. The number of hydrogen-bond donors (Lipinski definition) is 2. The van der Waals surface area contributed by atoms with Crippen molar-refractivity contribution in [2.24, 2.45) is 0 Å². The zero-order valence-corrected chi connectivity index (χ0v) is 15.1. The minimum atomic E-state index is -0.254. The first kappa shape index (κ1) is 17.7. The van der Waals surface area contributed by atoms with Crippen LogP contribution in [0, 0.1) is 0 Å². The molecule has 1 aromatic heterocycles. The molecule has 0 fully saturated rings. The van der Waals surface area contributed by atoms with E-state index in [-0.39, 0.29) is 24.0 Å².